The maximum Gasteiger partial charge on any atom is 0.262 e. The number of hydrogen-bond acceptors (Lipinski definition) is 2. The fourth-order valence-corrected chi connectivity index (χ4v) is 1.23. The molecule has 1 aromatic rings. The van der Waals surface area contributed by atoms with Gasteiger partial charge in [-0.2, -0.15) is 0 Å². The van der Waals surface area contributed by atoms with E-state index in [1.54, 1.807) is 6.92 Å². The molecule has 0 saturated carbocycles. The van der Waals surface area contributed by atoms with Gasteiger partial charge in [-0.15, -0.1) is 0 Å². The van der Waals surface area contributed by atoms with Crippen LogP contribution < -0.4 is 4.74 Å². The molecule has 0 saturated heterocycles. The maximum absolute atomic E-state index is 10.8. The van der Waals surface area contributed by atoms with Crippen molar-refractivity contribution in [3.63, 3.8) is 0 Å². The van der Waals surface area contributed by atoms with Crippen LogP contribution in [0.25, 0.3) is 0 Å². The first kappa shape index (κ1) is 12.1. The van der Waals surface area contributed by atoms with Crippen molar-refractivity contribution in [1.82, 2.24) is 0 Å². The SMILES string of the molecule is CC(Oc1ccc(C(C)C)cc1)C(=O)Cl. The minimum absolute atomic E-state index is 0.483. The molecule has 0 aliphatic rings. The van der Waals surface area contributed by atoms with Gasteiger partial charge in [-0.05, 0) is 42.1 Å². The summed E-state index contributed by atoms with van der Waals surface area (Å²) < 4.78 is 5.33. The van der Waals surface area contributed by atoms with Gasteiger partial charge in [-0.1, -0.05) is 26.0 Å². The highest BCUT2D eigenvalue weighted by molar-refractivity contribution is 6.64. The minimum atomic E-state index is -0.600. The normalized spacial score (nSPS) is 12.6. The molecular formula is C12H15ClO2. The molecule has 0 radical (unpaired) electrons. The summed E-state index contributed by atoms with van der Waals surface area (Å²) in [5.74, 6) is 1.16. The third-order valence-electron chi connectivity index (χ3n) is 2.18. The first-order chi connectivity index (χ1) is 7.00. The van der Waals surface area contributed by atoms with E-state index in [0.717, 1.165) is 0 Å². The van der Waals surface area contributed by atoms with Crippen molar-refractivity contribution >= 4 is 16.8 Å². The van der Waals surface area contributed by atoms with E-state index in [2.05, 4.69) is 13.8 Å². The highest BCUT2D eigenvalue weighted by Crippen LogP contribution is 2.19. The Morgan fingerprint density at radius 3 is 2.13 bits per heavy atom. The second kappa shape index (κ2) is 5.17. The van der Waals surface area contributed by atoms with Crippen LogP contribution in [0.2, 0.25) is 0 Å². The smallest absolute Gasteiger partial charge is 0.262 e. The summed E-state index contributed by atoms with van der Waals surface area (Å²) in [7, 11) is 0. The van der Waals surface area contributed by atoms with E-state index < -0.39 is 11.3 Å². The van der Waals surface area contributed by atoms with Crippen LogP contribution in [-0.2, 0) is 4.79 Å². The third kappa shape index (κ3) is 3.56. The molecule has 0 fully saturated rings. The van der Waals surface area contributed by atoms with Crippen molar-refractivity contribution < 1.29 is 9.53 Å². The van der Waals surface area contributed by atoms with Gasteiger partial charge in [0.1, 0.15) is 5.75 Å². The van der Waals surface area contributed by atoms with Crippen molar-refractivity contribution in [2.24, 2.45) is 0 Å². The average molecular weight is 227 g/mol. The predicted octanol–water partition coefficient (Wildman–Crippen LogP) is 3.34. The summed E-state index contributed by atoms with van der Waals surface area (Å²) in [6, 6.07) is 7.69. The fourth-order valence-electron chi connectivity index (χ4n) is 1.18. The molecule has 0 N–H and O–H groups in total. The van der Waals surface area contributed by atoms with E-state index in [0.29, 0.717) is 11.7 Å². The van der Waals surface area contributed by atoms with E-state index in [4.69, 9.17) is 16.3 Å². The predicted molar refractivity (Wildman–Crippen MR) is 61.5 cm³/mol. The summed E-state index contributed by atoms with van der Waals surface area (Å²) in [5, 5.41) is -0.483. The van der Waals surface area contributed by atoms with Gasteiger partial charge in [0, 0.05) is 0 Å². The quantitative estimate of drug-likeness (QED) is 0.736. The van der Waals surface area contributed by atoms with Crippen molar-refractivity contribution in [3.8, 4) is 5.75 Å². The zero-order valence-electron chi connectivity index (χ0n) is 9.16. The Balaban J connectivity index is 2.68. The van der Waals surface area contributed by atoms with E-state index in [9.17, 15) is 4.79 Å². The van der Waals surface area contributed by atoms with Gasteiger partial charge < -0.3 is 4.74 Å². The standard InChI is InChI=1S/C12H15ClO2/c1-8(2)10-4-6-11(7-5-10)15-9(3)12(13)14/h4-9H,1-3H3. The third-order valence-corrected chi connectivity index (χ3v) is 2.49. The lowest BCUT2D eigenvalue weighted by Gasteiger charge is -2.11. The van der Waals surface area contributed by atoms with E-state index in [-0.39, 0.29) is 0 Å². The number of carbonyl (C=O) groups is 1. The van der Waals surface area contributed by atoms with Crippen LogP contribution in [0.5, 0.6) is 5.75 Å². The molecule has 3 heteroatoms. The van der Waals surface area contributed by atoms with Crippen LogP contribution in [0.4, 0.5) is 0 Å². The summed E-state index contributed by atoms with van der Waals surface area (Å²) in [5.41, 5.74) is 1.24. The molecule has 2 nitrogen and oxygen atoms in total. The zero-order valence-corrected chi connectivity index (χ0v) is 9.91. The van der Waals surface area contributed by atoms with E-state index >= 15 is 0 Å². The van der Waals surface area contributed by atoms with Gasteiger partial charge in [0.25, 0.3) is 5.24 Å². The lowest BCUT2D eigenvalue weighted by atomic mass is 10.0. The Labute approximate surface area is 95.2 Å². The van der Waals surface area contributed by atoms with Crippen LogP contribution in [0.1, 0.15) is 32.3 Å². The molecule has 0 heterocycles. The molecule has 0 aliphatic carbocycles. The zero-order chi connectivity index (χ0) is 11.4. The van der Waals surface area contributed by atoms with Gasteiger partial charge in [-0.3, -0.25) is 4.79 Å². The molecule has 0 amide bonds. The monoisotopic (exact) mass is 226 g/mol. The highest BCUT2D eigenvalue weighted by Gasteiger charge is 2.11. The largest absolute Gasteiger partial charge is 0.482 e. The van der Waals surface area contributed by atoms with Crippen LogP contribution in [0, 0.1) is 0 Å². The molecule has 0 aliphatic heterocycles. The first-order valence-electron chi connectivity index (χ1n) is 4.96. The van der Waals surface area contributed by atoms with Crippen molar-refractivity contribution in [2.75, 3.05) is 0 Å². The van der Waals surface area contributed by atoms with Gasteiger partial charge in [0.15, 0.2) is 6.10 Å². The van der Waals surface area contributed by atoms with Crippen LogP contribution in [0.3, 0.4) is 0 Å². The van der Waals surface area contributed by atoms with E-state index in [1.807, 2.05) is 24.3 Å². The second-order valence-electron chi connectivity index (χ2n) is 3.79. The average Bonchev–Trinajstić information content (AvgIpc) is 2.18. The topological polar surface area (TPSA) is 26.3 Å². The first-order valence-corrected chi connectivity index (χ1v) is 5.34. The lowest BCUT2D eigenvalue weighted by Crippen LogP contribution is -2.18. The maximum atomic E-state index is 10.8. The number of hydrogen-bond donors (Lipinski definition) is 0. The summed E-state index contributed by atoms with van der Waals surface area (Å²) in [4.78, 5) is 10.8. The van der Waals surface area contributed by atoms with Gasteiger partial charge in [0.2, 0.25) is 0 Å². The molecule has 1 rings (SSSR count). The van der Waals surface area contributed by atoms with Crippen LogP contribution in [0.15, 0.2) is 24.3 Å². The lowest BCUT2D eigenvalue weighted by molar-refractivity contribution is -0.117. The molecule has 82 valence electrons. The number of ether oxygens (including phenoxy) is 1. The summed E-state index contributed by atoms with van der Waals surface area (Å²) in [6.45, 7) is 5.88. The Hall–Kier alpha value is -1.02. The molecule has 1 aromatic carbocycles. The molecule has 0 spiro atoms. The second-order valence-corrected chi connectivity index (χ2v) is 4.16. The van der Waals surface area contributed by atoms with Gasteiger partial charge >= 0.3 is 0 Å². The summed E-state index contributed by atoms with van der Waals surface area (Å²) in [6.07, 6.45) is -0.600. The van der Waals surface area contributed by atoms with Crippen LogP contribution in [-0.4, -0.2) is 11.3 Å². The van der Waals surface area contributed by atoms with Crippen molar-refractivity contribution in [3.05, 3.63) is 29.8 Å². The summed E-state index contributed by atoms with van der Waals surface area (Å²) >= 11 is 5.30. The molecule has 0 bridgehead atoms. The molecule has 1 atom stereocenters. The number of carbonyl (C=O) groups excluding carboxylic acids is 1. The Bertz CT molecular complexity index is 330. The number of halogens is 1. The fraction of sp³-hybridized carbons (Fsp3) is 0.417. The Kier molecular flexibility index (Phi) is 4.15. The molecular weight excluding hydrogens is 212 g/mol. The molecule has 0 aromatic heterocycles. The highest BCUT2D eigenvalue weighted by atomic mass is 35.5. The van der Waals surface area contributed by atoms with Crippen molar-refractivity contribution in [2.45, 2.75) is 32.8 Å². The Morgan fingerprint density at radius 2 is 1.73 bits per heavy atom. The minimum Gasteiger partial charge on any atom is -0.482 e. The Morgan fingerprint density at radius 1 is 1.20 bits per heavy atom. The number of benzene rings is 1. The van der Waals surface area contributed by atoms with Gasteiger partial charge in [0.05, 0.1) is 0 Å². The van der Waals surface area contributed by atoms with E-state index in [1.165, 1.54) is 5.56 Å². The van der Waals surface area contributed by atoms with Crippen LogP contribution >= 0.6 is 11.6 Å². The molecule has 1 unspecified atom stereocenters. The van der Waals surface area contributed by atoms with Gasteiger partial charge in [-0.25, -0.2) is 0 Å². The number of rotatable bonds is 4. The molecule has 15 heavy (non-hydrogen) atoms. The van der Waals surface area contributed by atoms with Crippen molar-refractivity contribution in [1.29, 1.82) is 0 Å².